The molecule has 1 nitrogen and oxygen atoms in total. The van der Waals surface area contributed by atoms with Crippen LogP contribution in [-0.4, -0.2) is 15.2 Å². The van der Waals surface area contributed by atoms with Crippen LogP contribution in [0.15, 0.2) is 24.3 Å². The first kappa shape index (κ1) is 16.6. The van der Waals surface area contributed by atoms with Gasteiger partial charge in [0.05, 0.1) is 0 Å². The largest absolute Gasteiger partial charge is 1.00 e. The van der Waals surface area contributed by atoms with Crippen LogP contribution in [0.5, 0.6) is 0 Å². The Kier molecular flexibility index (Phi) is 9.32. The number of anilines is 1. The Hall–Kier alpha value is -0.448. The van der Waals surface area contributed by atoms with Crippen molar-refractivity contribution in [3.63, 3.8) is 0 Å². The molecule has 96 valence electrons. The monoisotopic (exact) mass is 249 g/mol. The fraction of sp³-hybridized carbons (Fsp3) is 0.600. The third-order valence-electron chi connectivity index (χ3n) is 2.46. The molecule has 17 heavy (non-hydrogen) atoms. The third-order valence-corrected chi connectivity index (χ3v) is 5.02. The van der Waals surface area contributed by atoms with Crippen molar-refractivity contribution in [3.05, 3.63) is 29.8 Å². The Morgan fingerprint density at radius 3 is 1.82 bits per heavy atom. The fourth-order valence-corrected chi connectivity index (χ4v) is 2.88. The van der Waals surface area contributed by atoms with E-state index in [0.717, 1.165) is 38.3 Å². The molecule has 1 aromatic carbocycles. The first-order valence-electron chi connectivity index (χ1n) is 6.56. The summed E-state index contributed by atoms with van der Waals surface area (Å²) in [4.78, 5) is 0. The standard InChI is InChI=1S/C7H9N.2C4H9.Al.H/c1-6-4-2-3-5-7(6)8;2*1-4(2)3;;/h2-5H,8H2,1H3;2*4H,1H2,2-3H3;;/q;;;+1;-1. The quantitative estimate of drug-likeness (QED) is 0.616. The van der Waals surface area contributed by atoms with Crippen molar-refractivity contribution < 1.29 is 1.43 Å². The zero-order chi connectivity index (χ0) is 13.3. The molecule has 1 aromatic rings. The Bertz CT molecular complexity index is 271. The van der Waals surface area contributed by atoms with Crippen LogP contribution in [0.4, 0.5) is 5.69 Å². The molecule has 1 rings (SSSR count). The Balaban J connectivity index is 0. The smallest absolute Gasteiger partial charge is 0.0343 e. The molecule has 0 heterocycles. The summed E-state index contributed by atoms with van der Waals surface area (Å²) in [5, 5.41) is 2.97. The number of para-hydroxylation sites is 1. The van der Waals surface area contributed by atoms with Gasteiger partial charge in [0.15, 0.2) is 0 Å². The third kappa shape index (κ3) is 10.4. The van der Waals surface area contributed by atoms with E-state index in [1.165, 1.54) is 10.6 Å². The maximum atomic E-state index is 5.52. The predicted octanol–water partition coefficient (Wildman–Crippen LogP) is 4.53. The van der Waals surface area contributed by atoms with Crippen LogP contribution in [-0.2, 0) is 0 Å². The van der Waals surface area contributed by atoms with E-state index in [1.807, 2.05) is 31.2 Å². The Morgan fingerprint density at radius 1 is 1.06 bits per heavy atom. The topological polar surface area (TPSA) is 26.0 Å². The van der Waals surface area contributed by atoms with Crippen LogP contribution in [0.2, 0.25) is 10.6 Å². The minimum Gasteiger partial charge on any atom is -1.00 e. The number of rotatable bonds is 4. The molecule has 0 saturated carbocycles. The van der Waals surface area contributed by atoms with Gasteiger partial charge in [-0.15, -0.1) is 0 Å². The van der Waals surface area contributed by atoms with E-state index < -0.39 is 0 Å². The predicted molar refractivity (Wildman–Crippen MR) is 81.7 cm³/mol. The minimum atomic E-state index is 0. The SMILES string of the molecule is CC(C)[CH2][Al+][CH2]C(C)C.Cc1ccccc1N.[H-]. The van der Waals surface area contributed by atoms with Crippen molar-refractivity contribution in [2.75, 3.05) is 5.73 Å². The van der Waals surface area contributed by atoms with Gasteiger partial charge in [-0.25, -0.2) is 0 Å². The molecule has 0 saturated heterocycles. The molecule has 2 N–H and O–H groups in total. The van der Waals surface area contributed by atoms with Crippen LogP contribution < -0.4 is 5.73 Å². The Morgan fingerprint density at radius 2 is 1.53 bits per heavy atom. The number of nitrogens with two attached hydrogens (primary N) is 1. The number of hydrogen-bond acceptors (Lipinski definition) is 1. The normalized spacial score (nSPS) is 9.82. The van der Waals surface area contributed by atoms with Crippen molar-refractivity contribution in [1.82, 2.24) is 0 Å². The van der Waals surface area contributed by atoms with Crippen molar-refractivity contribution in [2.24, 2.45) is 11.8 Å². The minimum absolute atomic E-state index is 0. The zero-order valence-electron chi connectivity index (χ0n) is 13.0. The van der Waals surface area contributed by atoms with E-state index >= 15 is 0 Å². The van der Waals surface area contributed by atoms with E-state index in [4.69, 9.17) is 5.73 Å². The summed E-state index contributed by atoms with van der Waals surface area (Å²) in [6.07, 6.45) is 0. The summed E-state index contributed by atoms with van der Waals surface area (Å²) in [6, 6.07) is 7.80. The van der Waals surface area contributed by atoms with Crippen molar-refractivity contribution >= 4 is 20.9 Å². The number of benzene rings is 1. The second kappa shape index (κ2) is 9.57. The van der Waals surface area contributed by atoms with Crippen LogP contribution in [0.25, 0.3) is 0 Å². The summed E-state index contributed by atoms with van der Waals surface area (Å²) in [7, 11) is 0. The molecule has 0 aliphatic carbocycles. The maximum absolute atomic E-state index is 5.52. The molecule has 0 atom stereocenters. The van der Waals surface area contributed by atoms with Crippen molar-refractivity contribution in [2.45, 2.75) is 45.2 Å². The first-order valence-corrected chi connectivity index (χ1v) is 8.19. The average Bonchev–Trinajstić information content (AvgIpc) is 2.22. The van der Waals surface area contributed by atoms with E-state index in [0.29, 0.717) is 0 Å². The van der Waals surface area contributed by atoms with E-state index in [9.17, 15) is 0 Å². The summed E-state index contributed by atoms with van der Waals surface area (Å²) in [6.45, 7) is 11.2. The second-order valence-corrected chi connectivity index (χ2v) is 6.92. The molecule has 0 radical (unpaired) electrons. The van der Waals surface area contributed by atoms with Crippen LogP contribution >= 0.6 is 0 Å². The number of aryl methyl sites for hydroxylation is 1. The first-order chi connectivity index (χ1) is 7.93. The molecule has 2 heteroatoms. The molecule has 0 aliphatic rings. The molecule has 0 spiro atoms. The maximum Gasteiger partial charge on any atom is 0.0343 e. The summed E-state index contributed by atoms with van der Waals surface area (Å²) >= 11 is 0.755. The van der Waals surface area contributed by atoms with Gasteiger partial charge in [0.25, 0.3) is 0 Å². The molecule has 0 unspecified atom stereocenters. The molecular weight excluding hydrogens is 221 g/mol. The molecule has 0 aliphatic heterocycles. The van der Waals surface area contributed by atoms with Crippen LogP contribution in [0.1, 0.15) is 34.7 Å². The molecule has 0 aromatic heterocycles. The molecule has 0 bridgehead atoms. The molecule has 0 amide bonds. The van der Waals surface area contributed by atoms with Crippen molar-refractivity contribution in [3.8, 4) is 0 Å². The summed E-state index contributed by atoms with van der Waals surface area (Å²) < 4.78 is 0. The van der Waals surface area contributed by atoms with E-state index in [2.05, 4.69) is 27.7 Å². The number of hydrogen-bond donors (Lipinski definition) is 1. The van der Waals surface area contributed by atoms with Gasteiger partial charge in [-0.1, -0.05) is 18.2 Å². The average molecular weight is 249 g/mol. The Labute approximate surface area is 115 Å². The van der Waals surface area contributed by atoms with Gasteiger partial charge in [0.1, 0.15) is 0 Å². The van der Waals surface area contributed by atoms with Gasteiger partial charge in [-0.05, 0) is 18.6 Å². The zero-order valence-corrected chi connectivity index (χ0v) is 13.2. The van der Waals surface area contributed by atoms with Gasteiger partial charge < -0.3 is 7.16 Å². The summed E-state index contributed by atoms with van der Waals surface area (Å²) in [5.74, 6) is 1.86. The molecule has 0 fully saturated rings. The van der Waals surface area contributed by atoms with E-state index in [-0.39, 0.29) is 1.43 Å². The summed E-state index contributed by atoms with van der Waals surface area (Å²) in [5.41, 5.74) is 7.53. The molecular formula is C15H28AlN. The number of nitrogen functional groups attached to an aromatic ring is 1. The van der Waals surface area contributed by atoms with Gasteiger partial charge in [-0.3, -0.25) is 0 Å². The van der Waals surface area contributed by atoms with Gasteiger partial charge >= 0.3 is 65.3 Å². The van der Waals surface area contributed by atoms with Crippen LogP contribution in [0.3, 0.4) is 0 Å². The second-order valence-electron chi connectivity index (χ2n) is 5.40. The fourth-order valence-electron chi connectivity index (χ4n) is 1.35. The van der Waals surface area contributed by atoms with E-state index in [1.54, 1.807) is 0 Å². The van der Waals surface area contributed by atoms with Crippen LogP contribution in [0, 0.1) is 18.8 Å². The van der Waals surface area contributed by atoms with Gasteiger partial charge in [0, 0.05) is 5.69 Å². The van der Waals surface area contributed by atoms with Gasteiger partial charge in [0.2, 0.25) is 0 Å². The van der Waals surface area contributed by atoms with Crippen molar-refractivity contribution in [1.29, 1.82) is 0 Å². The van der Waals surface area contributed by atoms with Gasteiger partial charge in [-0.2, -0.15) is 0 Å².